The fraction of sp³-hybridized carbons (Fsp3) is 0.200. The highest BCUT2D eigenvalue weighted by Gasteiger charge is 2.17. The number of hydrogen-bond acceptors (Lipinski definition) is 4. The van der Waals surface area contributed by atoms with Crippen LogP contribution in [0, 0.1) is 5.82 Å². The lowest BCUT2D eigenvalue weighted by atomic mass is 10.0. The van der Waals surface area contributed by atoms with Gasteiger partial charge in [0.1, 0.15) is 5.82 Å². The molecule has 0 amide bonds. The van der Waals surface area contributed by atoms with Gasteiger partial charge in [-0.1, -0.05) is 23.7 Å². The van der Waals surface area contributed by atoms with Crippen LogP contribution in [-0.4, -0.2) is 6.79 Å². The monoisotopic (exact) mass is 373 g/mol. The molecule has 2 aliphatic heterocycles. The largest absolute Gasteiger partial charge is 0.454 e. The molecule has 2 heterocycles. The summed E-state index contributed by atoms with van der Waals surface area (Å²) < 4.78 is 30.1. The van der Waals surface area contributed by atoms with Crippen molar-refractivity contribution < 1.29 is 18.6 Å². The zero-order chi connectivity index (χ0) is 18.1. The second-order valence-electron chi connectivity index (χ2n) is 6.14. The van der Waals surface area contributed by atoms with Gasteiger partial charge in [0.05, 0.1) is 17.3 Å². The molecule has 0 aliphatic carbocycles. The number of benzene rings is 2. The lowest BCUT2D eigenvalue weighted by Gasteiger charge is -2.21. The molecule has 1 atom stereocenters. The van der Waals surface area contributed by atoms with Crippen LogP contribution in [0.1, 0.15) is 30.5 Å². The van der Waals surface area contributed by atoms with Crippen molar-refractivity contribution in [2.24, 2.45) is 0 Å². The van der Waals surface area contributed by atoms with E-state index in [1.807, 2.05) is 31.2 Å². The average Bonchev–Trinajstić information content (AvgIpc) is 3.12. The van der Waals surface area contributed by atoms with Crippen LogP contribution in [0.15, 0.2) is 54.6 Å². The minimum Gasteiger partial charge on any atom is -0.454 e. The van der Waals surface area contributed by atoms with Crippen LogP contribution >= 0.6 is 11.6 Å². The lowest BCUT2D eigenvalue weighted by Crippen LogP contribution is -2.20. The number of hydrogen-bond donors (Lipinski definition) is 1. The molecule has 4 nitrogen and oxygen atoms in total. The van der Waals surface area contributed by atoms with E-state index in [9.17, 15) is 4.39 Å². The van der Waals surface area contributed by atoms with E-state index in [1.165, 1.54) is 6.07 Å². The third-order valence-corrected chi connectivity index (χ3v) is 4.69. The van der Waals surface area contributed by atoms with Gasteiger partial charge in [-0.15, -0.1) is 0 Å². The maximum atomic E-state index is 13.6. The van der Waals surface area contributed by atoms with Gasteiger partial charge >= 0.3 is 0 Å². The summed E-state index contributed by atoms with van der Waals surface area (Å²) in [5.41, 5.74) is 2.86. The van der Waals surface area contributed by atoms with Crippen molar-refractivity contribution in [2.45, 2.75) is 19.4 Å². The van der Waals surface area contributed by atoms with Gasteiger partial charge in [0.15, 0.2) is 17.4 Å². The fourth-order valence-electron chi connectivity index (χ4n) is 2.89. The average molecular weight is 374 g/mol. The van der Waals surface area contributed by atoms with Crippen LogP contribution in [0.25, 0.3) is 5.57 Å². The van der Waals surface area contributed by atoms with Crippen LogP contribution in [0.5, 0.6) is 11.5 Å². The number of rotatable bonds is 4. The maximum Gasteiger partial charge on any atom is 0.231 e. The third-order valence-electron chi connectivity index (χ3n) is 4.38. The minimum absolute atomic E-state index is 0.116. The summed E-state index contributed by atoms with van der Waals surface area (Å²) in [5, 5.41) is 3.35. The smallest absolute Gasteiger partial charge is 0.231 e. The van der Waals surface area contributed by atoms with E-state index in [1.54, 1.807) is 18.4 Å². The first-order valence-corrected chi connectivity index (χ1v) is 8.65. The zero-order valence-electron chi connectivity index (χ0n) is 14.1. The van der Waals surface area contributed by atoms with Crippen molar-refractivity contribution in [3.05, 3.63) is 76.6 Å². The van der Waals surface area contributed by atoms with E-state index in [2.05, 4.69) is 5.32 Å². The Kier molecular flexibility index (Phi) is 4.47. The van der Waals surface area contributed by atoms with Gasteiger partial charge in [0, 0.05) is 0 Å². The molecule has 0 fully saturated rings. The molecule has 6 heteroatoms. The molecule has 2 aliphatic rings. The Bertz CT molecular complexity index is 910. The first kappa shape index (κ1) is 16.8. The molecular formula is C20H17ClFNO3. The Morgan fingerprint density at radius 1 is 1.12 bits per heavy atom. The van der Waals surface area contributed by atoms with Crippen LogP contribution in [0.3, 0.4) is 0 Å². The molecule has 0 unspecified atom stereocenters. The number of nitrogens with one attached hydrogen (secondary N) is 1. The molecule has 2 aromatic rings. The first-order valence-electron chi connectivity index (χ1n) is 8.27. The van der Waals surface area contributed by atoms with Crippen molar-refractivity contribution in [1.82, 2.24) is 5.32 Å². The Morgan fingerprint density at radius 3 is 2.73 bits per heavy atom. The van der Waals surface area contributed by atoms with E-state index in [4.69, 9.17) is 25.8 Å². The van der Waals surface area contributed by atoms with Crippen LogP contribution in [0.4, 0.5) is 4.39 Å². The van der Waals surface area contributed by atoms with Crippen molar-refractivity contribution >= 4 is 17.2 Å². The van der Waals surface area contributed by atoms with Gasteiger partial charge in [-0.05, 0) is 60.4 Å². The fourth-order valence-corrected chi connectivity index (χ4v) is 3.00. The molecular weight excluding hydrogens is 357 g/mol. The normalized spacial score (nSPS) is 16.4. The van der Waals surface area contributed by atoms with Crippen molar-refractivity contribution in [3.63, 3.8) is 0 Å². The van der Waals surface area contributed by atoms with Crippen LogP contribution in [0.2, 0.25) is 5.02 Å². The molecule has 1 N–H and O–H groups in total. The second kappa shape index (κ2) is 6.92. The third kappa shape index (κ3) is 3.35. The minimum atomic E-state index is -0.429. The summed E-state index contributed by atoms with van der Waals surface area (Å²) in [7, 11) is 0. The van der Waals surface area contributed by atoms with Gasteiger partial charge in [-0.25, -0.2) is 4.39 Å². The van der Waals surface area contributed by atoms with Crippen molar-refractivity contribution in [2.75, 3.05) is 6.79 Å². The quantitative estimate of drug-likeness (QED) is 0.803. The van der Waals surface area contributed by atoms with Gasteiger partial charge in [-0.2, -0.15) is 0 Å². The van der Waals surface area contributed by atoms with E-state index in [0.29, 0.717) is 12.3 Å². The Morgan fingerprint density at radius 2 is 1.96 bits per heavy atom. The topological polar surface area (TPSA) is 39.7 Å². The number of ether oxygens (including phenoxy) is 3. The molecule has 0 radical (unpaired) electrons. The molecule has 4 rings (SSSR count). The lowest BCUT2D eigenvalue weighted by molar-refractivity contribution is 0.174. The Hall–Kier alpha value is -2.66. The summed E-state index contributed by atoms with van der Waals surface area (Å²) in [6.45, 7) is 2.19. The van der Waals surface area contributed by atoms with Gasteiger partial charge in [-0.3, -0.25) is 0 Å². The summed E-state index contributed by atoms with van der Waals surface area (Å²) >= 11 is 5.73. The molecule has 2 aromatic carbocycles. The molecule has 0 spiro atoms. The molecule has 134 valence electrons. The van der Waals surface area contributed by atoms with E-state index >= 15 is 0 Å². The maximum absolute atomic E-state index is 13.6. The number of fused-ring (bicyclic) bond motifs is 1. The summed E-state index contributed by atoms with van der Waals surface area (Å²) in [5.74, 6) is 1.71. The summed E-state index contributed by atoms with van der Waals surface area (Å²) in [6, 6.07) is 10.5. The summed E-state index contributed by atoms with van der Waals surface area (Å²) in [4.78, 5) is 0. The second-order valence-corrected chi connectivity index (χ2v) is 6.55. The Balaban J connectivity index is 1.41. The molecule has 0 saturated heterocycles. The van der Waals surface area contributed by atoms with E-state index in [0.717, 1.165) is 28.2 Å². The summed E-state index contributed by atoms with van der Waals surface area (Å²) in [6.07, 6.45) is 4.39. The molecule has 0 saturated carbocycles. The molecule has 26 heavy (non-hydrogen) atoms. The van der Waals surface area contributed by atoms with E-state index in [-0.39, 0.29) is 17.9 Å². The molecule has 0 aromatic heterocycles. The standard InChI is InChI=1S/C20H17ClFNO3/c1-12(13-2-5-16(21)17(22)8-13)23-20-7-4-15(10-24-20)14-3-6-18-19(9-14)26-11-25-18/h2-3,5-10,12,23H,4,11H2,1H3/t12-/m0/s1. The number of allylic oxidation sites excluding steroid dienone is 2. The SMILES string of the molecule is C[C@H](NC1=CCC(c2ccc3c(c2)OCO3)=CO1)c1ccc(Cl)c(F)c1. The molecule has 0 bridgehead atoms. The van der Waals surface area contributed by atoms with Gasteiger partial charge in [0.25, 0.3) is 0 Å². The number of halogens is 2. The van der Waals surface area contributed by atoms with Gasteiger partial charge < -0.3 is 19.5 Å². The highest BCUT2D eigenvalue weighted by Crippen LogP contribution is 2.36. The van der Waals surface area contributed by atoms with E-state index < -0.39 is 5.82 Å². The van der Waals surface area contributed by atoms with Crippen molar-refractivity contribution in [1.29, 1.82) is 0 Å². The highest BCUT2D eigenvalue weighted by molar-refractivity contribution is 6.30. The van der Waals surface area contributed by atoms with Crippen molar-refractivity contribution in [3.8, 4) is 11.5 Å². The predicted molar refractivity (Wildman–Crippen MR) is 97.3 cm³/mol. The first-order chi connectivity index (χ1) is 12.6. The van der Waals surface area contributed by atoms with Crippen LogP contribution < -0.4 is 14.8 Å². The Labute approximate surface area is 155 Å². The highest BCUT2D eigenvalue weighted by atomic mass is 35.5. The van der Waals surface area contributed by atoms with Crippen LogP contribution in [-0.2, 0) is 4.74 Å². The van der Waals surface area contributed by atoms with Gasteiger partial charge in [0.2, 0.25) is 6.79 Å². The predicted octanol–water partition coefficient (Wildman–Crippen LogP) is 5.16. The zero-order valence-corrected chi connectivity index (χ0v) is 14.8.